The fourth-order valence-corrected chi connectivity index (χ4v) is 2.30. The number of hydrogen-bond acceptors (Lipinski definition) is 3. The van der Waals surface area contributed by atoms with Gasteiger partial charge in [0.05, 0.1) is 6.54 Å². The van der Waals surface area contributed by atoms with Crippen molar-refractivity contribution in [3.05, 3.63) is 66.9 Å². The number of aryl methyl sites for hydroxylation is 1. The normalized spacial score (nSPS) is 10.2. The Morgan fingerprint density at radius 3 is 2.60 bits per heavy atom. The van der Waals surface area contributed by atoms with Crippen LogP contribution in [0.15, 0.2) is 44.5 Å². The fourth-order valence-electron chi connectivity index (χ4n) is 1.89. The van der Waals surface area contributed by atoms with E-state index >= 15 is 0 Å². The molecule has 0 bridgehead atoms. The highest BCUT2D eigenvalue weighted by Gasteiger charge is 2.11. The molecule has 0 radical (unpaired) electrons. The lowest BCUT2D eigenvalue weighted by Crippen LogP contribution is -2.41. The van der Waals surface area contributed by atoms with Gasteiger partial charge in [0.25, 0.3) is 5.56 Å². The van der Waals surface area contributed by atoms with Gasteiger partial charge in [-0.2, -0.15) is 5.26 Å². The Kier molecular flexibility index (Phi) is 4.20. The highest BCUT2D eigenvalue weighted by atomic mass is 79.9. The third kappa shape index (κ3) is 2.58. The maximum atomic E-state index is 12.2. The number of aromatic nitrogens is 2. The van der Waals surface area contributed by atoms with Crippen molar-refractivity contribution in [2.75, 3.05) is 0 Å². The van der Waals surface area contributed by atoms with Crippen LogP contribution in [0, 0.1) is 11.3 Å². The van der Waals surface area contributed by atoms with Crippen LogP contribution in [-0.2, 0) is 13.1 Å². The van der Waals surface area contributed by atoms with Crippen molar-refractivity contribution < 1.29 is 0 Å². The summed E-state index contributed by atoms with van der Waals surface area (Å²) in [6.45, 7) is 2.33. The van der Waals surface area contributed by atoms with Gasteiger partial charge in [-0.15, -0.1) is 0 Å². The van der Waals surface area contributed by atoms with Gasteiger partial charge in [0, 0.05) is 17.2 Å². The van der Waals surface area contributed by atoms with Crippen LogP contribution in [0.25, 0.3) is 0 Å². The second-order valence-electron chi connectivity index (χ2n) is 4.21. The highest BCUT2D eigenvalue weighted by Crippen LogP contribution is 2.15. The van der Waals surface area contributed by atoms with Crippen molar-refractivity contribution in [3.63, 3.8) is 0 Å². The molecule has 0 saturated carbocycles. The summed E-state index contributed by atoms with van der Waals surface area (Å²) in [4.78, 5) is 24.3. The summed E-state index contributed by atoms with van der Waals surface area (Å²) in [6.07, 6.45) is 1.31. The Bertz CT molecular complexity index is 799. The maximum absolute atomic E-state index is 12.2. The lowest BCUT2D eigenvalue weighted by Gasteiger charge is -2.10. The van der Waals surface area contributed by atoms with E-state index in [0.29, 0.717) is 6.54 Å². The molecular weight excluding hydrogens is 322 g/mol. The van der Waals surface area contributed by atoms with E-state index < -0.39 is 11.2 Å². The highest BCUT2D eigenvalue weighted by molar-refractivity contribution is 9.10. The Balaban J connectivity index is 2.63. The van der Waals surface area contributed by atoms with Gasteiger partial charge >= 0.3 is 5.69 Å². The van der Waals surface area contributed by atoms with Gasteiger partial charge in [-0.3, -0.25) is 13.9 Å². The second kappa shape index (κ2) is 5.88. The first-order valence-electron chi connectivity index (χ1n) is 6.06. The maximum Gasteiger partial charge on any atom is 0.331 e. The molecule has 6 heteroatoms. The molecule has 1 heterocycles. The number of hydrogen-bond donors (Lipinski definition) is 0. The topological polar surface area (TPSA) is 67.8 Å². The van der Waals surface area contributed by atoms with Gasteiger partial charge in [-0.25, -0.2) is 4.79 Å². The first-order chi connectivity index (χ1) is 9.58. The molecule has 0 atom stereocenters. The molecule has 0 saturated heterocycles. The Morgan fingerprint density at radius 2 is 2.00 bits per heavy atom. The molecule has 0 amide bonds. The van der Waals surface area contributed by atoms with E-state index in [0.717, 1.165) is 14.6 Å². The molecule has 0 aliphatic rings. The van der Waals surface area contributed by atoms with Crippen LogP contribution in [0.1, 0.15) is 18.1 Å². The molecule has 0 fully saturated rings. The Labute approximate surface area is 123 Å². The zero-order valence-corrected chi connectivity index (χ0v) is 12.4. The minimum Gasteiger partial charge on any atom is -0.299 e. The largest absolute Gasteiger partial charge is 0.331 e. The molecule has 0 unspecified atom stereocenters. The van der Waals surface area contributed by atoms with Gasteiger partial charge in [0.2, 0.25) is 0 Å². The second-order valence-corrected chi connectivity index (χ2v) is 5.06. The molecule has 0 N–H and O–H groups in total. The number of nitrogens with zero attached hydrogens (tertiary/aromatic N) is 3. The molecule has 102 valence electrons. The van der Waals surface area contributed by atoms with E-state index in [-0.39, 0.29) is 12.1 Å². The standard InChI is InChI=1S/C14H12BrN3O2/c1-2-17-8-11(7-16)13(19)18(14(17)20)9-10-5-3-4-6-12(10)15/h3-6,8H,2,9H2,1H3. The molecule has 0 spiro atoms. The summed E-state index contributed by atoms with van der Waals surface area (Å²) in [5.74, 6) is 0. The fraction of sp³-hybridized carbons (Fsp3) is 0.214. The van der Waals surface area contributed by atoms with Crippen molar-refractivity contribution in [3.8, 4) is 6.07 Å². The SMILES string of the molecule is CCn1cc(C#N)c(=O)n(Cc2ccccc2Br)c1=O. The van der Waals surface area contributed by atoms with Crippen LogP contribution in [0.5, 0.6) is 0 Å². The summed E-state index contributed by atoms with van der Waals surface area (Å²) in [5, 5.41) is 8.99. The summed E-state index contributed by atoms with van der Waals surface area (Å²) < 4.78 is 3.26. The van der Waals surface area contributed by atoms with Gasteiger partial charge in [-0.1, -0.05) is 34.1 Å². The van der Waals surface area contributed by atoms with E-state index in [1.54, 1.807) is 6.92 Å². The zero-order chi connectivity index (χ0) is 14.7. The zero-order valence-electron chi connectivity index (χ0n) is 10.8. The summed E-state index contributed by atoms with van der Waals surface area (Å²) in [7, 11) is 0. The van der Waals surface area contributed by atoms with Gasteiger partial charge in [0.15, 0.2) is 0 Å². The van der Waals surface area contributed by atoms with Crippen molar-refractivity contribution >= 4 is 15.9 Å². The van der Waals surface area contributed by atoms with E-state index in [9.17, 15) is 9.59 Å². The summed E-state index contributed by atoms with van der Waals surface area (Å²) >= 11 is 3.38. The van der Waals surface area contributed by atoms with Crippen LogP contribution in [0.4, 0.5) is 0 Å². The molecule has 2 rings (SSSR count). The summed E-state index contributed by atoms with van der Waals surface area (Å²) in [6, 6.07) is 9.18. The third-order valence-corrected chi connectivity index (χ3v) is 3.76. The van der Waals surface area contributed by atoms with E-state index in [4.69, 9.17) is 5.26 Å². The lowest BCUT2D eigenvalue weighted by atomic mass is 10.2. The summed E-state index contributed by atoms with van der Waals surface area (Å²) in [5.41, 5.74) is -0.187. The molecule has 20 heavy (non-hydrogen) atoms. The molecule has 1 aromatic carbocycles. The average molecular weight is 334 g/mol. The number of benzene rings is 1. The van der Waals surface area contributed by atoms with Crippen molar-refractivity contribution in [2.45, 2.75) is 20.0 Å². The van der Waals surface area contributed by atoms with E-state index in [1.807, 2.05) is 30.3 Å². The molecule has 0 aliphatic carbocycles. The number of nitriles is 1. The molecule has 0 aliphatic heterocycles. The van der Waals surface area contributed by atoms with Gasteiger partial charge in [-0.05, 0) is 18.6 Å². The van der Waals surface area contributed by atoms with Crippen molar-refractivity contribution in [1.29, 1.82) is 5.26 Å². The smallest absolute Gasteiger partial charge is 0.299 e. The Morgan fingerprint density at radius 1 is 1.30 bits per heavy atom. The van der Waals surface area contributed by atoms with Crippen LogP contribution in [0.3, 0.4) is 0 Å². The van der Waals surface area contributed by atoms with Gasteiger partial charge < -0.3 is 0 Å². The average Bonchev–Trinajstić information content (AvgIpc) is 2.45. The predicted octanol–water partition coefficient (Wildman–Crippen LogP) is 1.71. The molecule has 2 aromatic rings. The van der Waals surface area contributed by atoms with Crippen LogP contribution in [-0.4, -0.2) is 9.13 Å². The van der Waals surface area contributed by atoms with Crippen LogP contribution in [0.2, 0.25) is 0 Å². The van der Waals surface area contributed by atoms with Crippen LogP contribution >= 0.6 is 15.9 Å². The lowest BCUT2D eigenvalue weighted by molar-refractivity contribution is 0.597. The molecule has 1 aromatic heterocycles. The van der Waals surface area contributed by atoms with Gasteiger partial charge in [0.1, 0.15) is 11.6 Å². The van der Waals surface area contributed by atoms with Crippen molar-refractivity contribution in [1.82, 2.24) is 9.13 Å². The predicted molar refractivity (Wildman–Crippen MR) is 78.6 cm³/mol. The first-order valence-corrected chi connectivity index (χ1v) is 6.85. The van der Waals surface area contributed by atoms with Crippen molar-refractivity contribution in [2.24, 2.45) is 0 Å². The monoisotopic (exact) mass is 333 g/mol. The number of halogens is 1. The number of rotatable bonds is 3. The first kappa shape index (κ1) is 14.3. The minimum absolute atomic E-state index is 0.0292. The quantitative estimate of drug-likeness (QED) is 0.858. The third-order valence-electron chi connectivity index (χ3n) is 2.98. The van der Waals surface area contributed by atoms with Crippen LogP contribution < -0.4 is 11.2 Å². The molecule has 5 nitrogen and oxygen atoms in total. The van der Waals surface area contributed by atoms with E-state index in [2.05, 4.69) is 15.9 Å². The Hall–Kier alpha value is -2.13. The molecular formula is C14H12BrN3O2. The van der Waals surface area contributed by atoms with E-state index in [1.165, 1.54) is 10.8 Å². The minimum atomic E-state index is -0.557.